The summed E-state index contributed by atoms with van der Waals surface area (Å²) >= 11 is 0. The number of benzene rings is 1. The fraction of sp³-hybridized carbons (Fsp3) is 0.500. The first-order valence-electron chi connectivity index (χ1n) is 5.18. The monoisotopic (exact) mass is 209 g/mol. The zero-order chi connectivity index (χ0) is 11.3. The van der Waals surface area contributed by atoms with Crippen LogP contribution in [0.25, 0.3) is 0 Å². The van der Waals surface area contributed by atoms with Gasteiger partial charge in [0.2, 0.25) is 0 Å². The molecule has 3 heteroatoms. The van der Waals surface area contributed by atoms with Crippen molar-refractivity contribution >= 4 is 0 Å². The highest BCUT2D eigenvalue weighted by Gasteiger charge is 2.04. The molecule has 1 rings (SSSR count). The summed E-state index contributed by atoms with van der Waals surface area (Å²) in [4.78, 5) is 0. The number of rotatable bonds is 5. The predicted molar refractivity (Wildman–Crippen MR) is 61.1 cm³/mol. The lowest BCUT2D eigenvalue weighted by Gasteiger charge is -2.13. The van der Waals surface area contributed by atoms with E-state index in [4.69, 9.17) is 9.84 Å². The molecule has 0 heterocycles. The number of hydrogen-bond acceptors (Lipinski definition) is 3. The van der Waals surface area contributed by atoms with Gasteiger partial charge in [0, 0.05) is 12.1 Å². The minimum Gasteiger partial charge on any atom is -0.491 e. The molecule has 0 saturated carbocycles. The number of aliphatic hydroxyl groups is 1. The molecule has 0 fully saturated rings. The van der Waals surface area contributed by atoms with Crippen LogP contribution in [-0.2, 0) is 6.54 Å². The quantitative estimate of drug-likeness (QED) is 0.771. The molecule has 1 unspecified atom stereocenters. The minimum absolute atomic E-state index is 0.333. The summed E-state index contributed by atoms with van der Waals surface area (Å²) in [6, 6.07) is 6.05. The molecule has 0 aromatic heterocycles. The highest BCUT2D eigenvalue weighted by Crippen LogP contribution is 2.20. The molecular weight excluding hydrogens is 190 g/mol. The summed E-state index contributed by atoms with van der Waals surface area (Å²) in [5.74, 6) is 0.843. The lowest BCUT2D eigenvalue weighted by atomic mass is 10.1. The second kappa shape index (κ2) is 5.73. The van der Waals surface area contributed by atoms with Gasteiger partial charge in [-0.1, -0.05) is 17.7 Å². The molecule has 1 aromatic rings. The summed E-state index contributed by atoms with van der Waals surface area (Å²) in [6.45, 7) is 4.88. The third-order valence-electron chi connectivity index (χ3n) is 2.06. The molecule has 0 amide bonds. The van der Waals surface area contributed by atoms with Gasteiger partial charge in [-0.2, -0.15) is 0 Å². The zero-order valence-corrected chi connectivity index (χ0v) is 9.58. The first-order valence-corrected chi connectivity index (χ1v) is 5.18. The second-order valence-electron chi connectivity index (χ2n) is 3.80. The van der Waals surface area contributed by atoms with E-state index >= 15 is 0 Å². The Hall–Kier alpha value is -1.06. The molecule has 1 aromatic carbocycles. The van der Waals surface area contributed by atoms with E-state index in [1.165, 1.54) is 5.56 Å². The molecule has 0 aliphatic rings. The minimum atomic E-state index is -0.436. The van der Waals surface area contributed by atoms with Crippen molar-refractivity contribution < 1.29 is 9.84 Å². The third-order valence-corrected chi connectivity index (χ3v) is 2.06. The van der Waals surface area contributed by atoms with Gasteiger partial charge in [0.05, 0.1) is 6.10 Å². The molecule has 15 heavy (non-hydrogen) atoms. The van der Waals surface area contributed by atoms with Crippen LogP contribution in [0.2, 0.25) is 0 Å². The second-order valence-corrected chi connectivity index (χ2v) is 3.80. The van der Waals surface area contributed by atoms with Crippen molar-refractivity contribution in [2.24, 2.45) is 0 Å². The van der Waals surface area contributed by atoms with Crippen LogP contribution in [-0.4, -0.2) is 24.9 Å². The lowest BCUT2D eigenvalue weighted by molar-refractivity contribution is 0.122. The number of ether oxygens (including phenoxy) is 1. The largest absolute Gasteiger partial charge is 0.491 e. The number of hydrogen-bond donors (Lipinski definition) is 2. The molecule has 0 bridgehead atoms. The van der Waals surface area contributed by atoms with Crippen molar-refractivity contribution in [1.29, 1.82) is 0 Å². The van der Waals surface area contributed by atoms with E-state index in [1.54, 1.807) is 6.92 Å². The van der Waals surface area contributed by atoms with Crippen molar-refractivity contribution in [2.45, 2.75) is 26.5 Å². The SMILES string of the molecule is CNCc1cc(C)ccc1OCC(C)O. The Morgan fingerprint density at radius 3 is 2.80 bits per heavy atom. The van der Waals surface area contributed by atoms with E-state index in [9.17, 15) is 0 Å². The molecule has 0 aliphatic heterocycles. The fourth-order valence-corrected chi connectivity index (χ4v) is 1.39. The van der Waals surface area contributed by atoms with Crippen molar-refractivity contribution in [3.8, 4) is 5.75 Å². The Bertz CT molecular complexity index is 310. The van der Waals surface area contributed by atoms with Crippen LogP contribution in [0.4, 0.5) is 0 Å². The Morgan fingerprint density at radius 1 is 1.47 bits per heavy atom. The highest BCUT2D eigenvalue weighted by atomic mass is 16.5. The van der Waals surface area contributed by atoms with Crippen LogP contribution in [0, 0.1) is 6.92 Å². The molecule has 0 aliphatic carbocycles. The molecule has 2 N–H and O–H groups in total. The Kier molecular flexibility index (Phi) is 4.59. The zero-order valence-electron chi connectivity index (χ0n) is 9.58. The van der Waals surface area contributed by atoms with Crippen LogP contribution in [0.3, 0.4) is 0 Å². The summed E-state index contributed by atoms with van der Waals surface area (Å²) in [5.41, 5.74) is 2.34. The molecular formula is C12H19NO2. The van der Waals surface area contributed by atoms with E-state index < -0.39 is 6.10 Å². The van der Waals surface area contributed by atoms with E-state index in [-0.39, 0.29) is 0 Å². The van der Waals surface area contributed by atoms with E-state index in [2.05, 4.69) is 18.3 Å². The van der Waals surface area contributed by atoms with E-state index in [0.29, 0.717) is 6.61 Å². The standard InChI is InChI=1S/C12H19NO2/c1-9-4-5-12(15-8-10(2)14)11(6-9)7-13-3/h4-6,10,13-14H,7-8H2,1-3H3. The molecule has 3 nitrogen and oxygen atoms in total. The Morgan fingerprint density at radius 2 is 2.20 bits per heavy atom. The molecule has 1 atom stereocenters. The number of aryl methyl sites for hydroxylation is 1. The van der Waals surface area contributed by atoms with Gasteiger partial charge in [0.1, 0.15) is 12.4 Å². The van der Waals surface area contributed by atoms with Gasteiger partial charge >= 0.3 is 0 Å². The average molecular weight is 209 g/mol. The maximum atomic E-state index is 9.15. The summed E-state index contributed by atoms with van der Waals surface area (Å²) in [5, 5.41) is 12.2. The third kappa shape index (κ3) is 3.90. The van der Waals surface area contributed by atoms with Crippen molar-refractivity contribution in [2.75, 3.05) is 13.7 Å². The van der Waals surface area contributed by atoms with Gasteiger partial charge in [-0.3, -0.25) is 0 Å². The van der Waals surface area contributed by atoms with Crippen LogP contribution in [0.15, 0.2) is 18.2 Å². The highest BCUT2D eigenvalue weighted by molar-refractivity contribution is 5.36. The average Bonchev–Trinajstić information content (AvgIpc) is 2.17. The Labute approximate surface area is 91.1 Å². The van der Waals surface area contributed by atoms with Crippen molar-refractivity contribution in [3.63, 3.8) is 0 Å². The Balaban J connectivity index is 2.76. The molecule has 0 radical (unpaired) electrons. The maximum Gasteiger partial charge on any atom is 0.123 e. The van der Waals surface area contributed by atoms with Crippen molar-refractivity contribution in [3.05, 3.63) is 29.3 Å². The van der Waals surface area contributed by atoms with E-state index in [1.807, 2.05) is 19.2 Å². The normalized spacial score (nSPS) is 12.5. The summed E-state index contributed by atoms with van der Waals surface area (Å²) < 4.78 is 5.52. The lowest BCUT2D eigenvalue weighted by Crippen LogP contribution is -2.15. The number of nitrogens with one attached hydrogen (secondary N) is 1. The van der Waals surface area contributed by atoms with Gasteiger partial charge < -0.3 is 15.2 Å². The van der Waals surface area contributed by atoms with Gasteiger partial charge in [0.15, 0.2) is 0 Å². The molecule has 84 valence electrons. The maximum absolute atomic E-state index is 9.15. The van der Waals surface area contributed by atoms with E-state index in [0.717, 1.165) is 17.9 Å². The van der Waals surface area contributed by atoms with Gasteiger partial charge in [0.25, 0.3) is 0 Å². The smallest absolute Gasteiger partial charge is 0.123 e. The van der Waals surface area contributed by atoms with Gasteiger partial charge in [-0.15, -0.1) is 0 Å². The first kappa shape index (κ1) is 12.0. The topological polar surface area (TPSA) is 41.5 Å². The fourth-order valence-electron chi connectivity index (χ4n) is 1.39. The van der Waals surface area contributed by atoms with Crippen molar-refractivity contribution in [1.82, 2.24) is 5.32 Å². The van der Waals surface area contributed by atoms with Gasteiger partial charge in [-0.05, 0) is 27.0 Å². The number of aliphatic hydroxyl groups excluding tert-OH is 1. The van der Waals surface area contributed by atoms with Gasteiger partial charge in [-0.25, -0.2) is 0 Å². The first-order chi connectivity index (χ1) is 7.13. The van der Waals surface area contributed by atoms with Crippen LogP contribution >= 0.6 is 0 Å². The molecule has 0 saturated heterocycles. The summed E-state index contributed by atoms with van der Waals surface area (Å²) in [7, 11) is 1.90. The molecule has 0 spiro atoms. The predicted octanol–water partition coefficient (Wildman–Crippen LogP) is 1.47. The van der Waals surface area contributed by atoms with Crippen LogP contribution in [0.5, 0.6) is 5.75 Å². The van der Waals surface area contributed by atoms with Crippen LogP contribution < -0.4 is 10.1 Å². The van der Waals surface area contributed by atoms with Crippen LogP contribution in [0.1, 0.15) is 18.1 Å². The summed E-state index contributed by atoms with van der Waals surface area (Å²) in [6.07, 6.45) is -0.436.